The third-order valence-corrected chi connectivity index (χ3v) is 4.51. The summed E-state index contributed by atoms with van der Waals surface area (Å²) in [6, 6.07) is 6.07. The first-order valence-electron chi connectivity index (χ1n) is 7.48. The molecule has 0 unspecified atom stereocenters. The number of aromatic nitrogens is 3. The zero-order valence-electron chi connectivity index (χ0n) is 13.0. The van der Waals surface area contributed by atoms with Gasteiger partial charge in [0, 0.05) is 37.9 Å². The molecule has 0 N–H and O–H groups in total. The zero-order chi connectivity index (χ0) is 15.2. The predicted molar refractivity (Wildman–Crippen MR) is 89.3 cm³/mol. The summed E-state index contributed by atoms with van der Waals surface area (Å²) in [5, 5.41) is 4.65. The van der Waals surface area contributed by atoms with E-state index in [9.17, 15) is 0 Å². The smallest absolute Gasteiger partial charge is 0.0767 e. The lowest BCUT2D eigenvalue weighted by atomic mass is 10.2. The topological polar surface area (TPSA) is 34.0 Å². The molecule has 0 aliphatic rings. The maximum atomic E-state index is 4.65. The van der Waals surface area contributed by atoms with Crippen LogP contribution in [0.5, 0.6) is 0 Å². The molecule has 0 saturated heterocycles. The molecule has 2 aromatic heterocycles. The highest BCUT2D eigenvalue weighted by atomic mass is 79.9. The maximum absolute atomic E-state index is 4.65. The largest absolute Gasteiger partial charge is 0.300 e. The fourth-order valence-electron chi connectivity index (χ4n) is 2.35. The highest BCUT2D eigenvalue weighted by Gasteiger charge is 2.15. The fourth-order valence-corrected chi connectivity index (χ4v) is 3.04. The number of pyridine rings is 1. The maximum Gasteiger partial charge on any atom is 0.0767 e. The van der Waals surface area contributed by atoms with E-state index in [4.69, 9.17) is 0 Å². The van der Waals surface area contributed by atoms with E-state index in [-0.39, 0.29) is 0 Å². The second-order valence-electron chi connectivity index (χ2n) is 5.19. The van der Waals surface area contributed by atoms with E-state index in [0.717, 1.165) is 48.3 Å². The van der Waals surface area contributed by atoms with Crippen LogP contribution in [0.3, 0.4) is 0 Å². The average molecular weight is 351 g/mol. The van der Waals surface area contributed by atoms with E-state index in [0.29, 0.717) is 0 Å². The van der Waals surface area contributed by atoms with Gasteiger partial charge in [-0.2, -0.15) is 5.10 Å². The molecular weight excluding hydrogens is 328 g/mol. The predicted octanol–water partition coefficient (Wildman–Crippen LogP) is 3.30. The van der Waals surface area contributed by atoms with Crippen LogP contribution in [0.4, 0.5) is 0 Å². The Morgan fingerprint density at radius 3 is 2.71 bits per heavy atom. The highest BCUT2D eigenvalue weighted by Crippen LogP contribution is 2.23. The van der Waals surface area contributed by atoms with Crippen LogP contribution in [0.2, 0.25) is 0 Å². The number of rotatable bonds is 7. The molecule has 0 aromatic carbocycles. The number of aryl methyl sites for hydroxylation is 2. The third-order valence-electron chi connectivity index (χ3n) is 3.59. The molecular formula is C16H23BrN4. The highest BCUT2D eigenvalue weighted by molar-refractivity contribution is 9.10. The Bertz CT molecular complexity index is 565. The zero-order valence-corrected chi connectivity index (χ0v) is 14.6. The minimum Gasteiger partial charge on any atom is -0.300 e. The van der Waals surface area contributed by atoms with Crippen molar-refractivity contribution >= 4 is 15.9 Å². The van der Waals surface area contributed by atoms with E-state index in [1.54, 1.807) is 0 Å². The van der Waals surface area contributed by atoms with Gasteiger partial charge in [0.15, 0.2) is 0 Å². The van der Waals surface area contributed by atoms with Crippen LogP contribution in [-0.4, -0.2) is 33.3 Å². The van der Waals surface area contributed by atoms with Crippen molar-refractivity contribution in [2.75, 3.05) is 13.6 Å². The van der Waals surface area contributed by atoms with Crippen molar-refractivity contribution in [1.29, 1.82) is 0 Å². The van der Waals surface area contributed by atoms with Crippen LogP contribution >= 0.6 is 15.9 Å². The Labute approximate surface area is 135 Å². The number of hydrogen-bond acceptors (Lipinski definition) is 3. The summed E-state index contributed by atoms with van der Waals surface area (Å²) in [7, 11) is 2.15. The van der Waals surface area contributed by atoms with E-state index < -0.39 is 0 Å². The van der Waals surface area contributed by atoms with Crippen LogP contribution in [0, 0.1) is 0 Å². The normalized spacial score (nSPS) is 11.3. The summed E-state index contributed by atoms with van der Waals surface area (Å²) in [6.45, 7) is 7.06. The summed E-state index contributed by atoms with van der Waals surface area (Å²) in [6.07, 6.45) is 3.78. The molecule has 5 heteroatoms. The van der Waals surface area contributed by atoms with Crippen molar-refractivity contribution in [3.05, 3.63) is 46.0 Å². The average Bonchev–Trinajstić information content (AvgIpc) is 2.82. The summed E-state index contributed by atoms with van der Waals surface area (Å²) in [5.74, 6) is 0. The van der Waals surface area contributed by atoms with Crippen LogP contribution in [0.1, 0.15) is 30.9 Å². The molecule has 2 aromatic rings. The van der Waals surface area contributed by atoms with Gasteiger partial charge in [-0.3, -0.25) is 9.67 Å². The van der Waals surface area contributed by atoms with Crippen LogP contribution in [-0.2, 0) is 25.9 Å². The SMILES string of the molecule is CCc1nn(CC)c(CN(C)CCc2ccccn2)c1Br. The van der Waals surface area contributed by atoms with Crippen molar-refractivity contribution in [3.63, 3.8) is 0 Å². The molecule has 4 nitrogen and oxygen atoms in total. The molecule has 2 rings (SSSR count). The van der Waals surface area contributed by atoms with Gasteiger partial charge in [0.2, 0.25) is 0 Å². The Balaban J connectivity index is 1.99. The van der Waals surface area contributed by atoms with Crippen molar-refractivity contribution in [2.24, 2.45) is 0 Å². The van der Waals surface area contributed by atoms with Gasteiger partial charge in [-0.1, -0.05) is 13.0 Å². The second-order valence-corrected chi connectivity index (χ2v) is 5.98. The lowest BCUT2D eigenvalue weighted by molar-refractivity contribution is 0.317. The van der Waals surface area contributed by atoms with Gasteiger partial charge in [0.25, 0.3) is 0 Å². The molecule has 2 heterocycles. The molecule has 0 amide bonds. The first kappa shape index (κ1) is 16.2. The molecule has 21 heavy (non-hydrogen) atoms. The third kappa shape index (κ3) is 4.14. The number of nitrogens with zero attached hydrogens (tertiary/aromatic N) is 4. The van der Waals surface area contributed by atoms with E-state index >= 15 is 0 Å². The molecule has 114 valence electrons. The van der Waals surface area contributed by atoms with Gasteiger partial charge >= 0.3 is 0 Å². The monoisotopic (exact) mass is 350 g/mol. The van der Waals surface area contributed by atoms with Gasteiger partial charge in [0.05, 0.1) is 15.9 Å². The quantitative estimate of drug-likeness (QED) is 0.768. The lowest BCUT2D eigenvalue weighted by Gasteiger charge is -2.17. The van der Waals surface area contributed by atoms with Gasteiger partial charge in [-0.25, -0.2) is 0 Å². The van der Waals surface area contributed by atoms with E-state index in [1.165, 1.54) is 5.69 Å². The summed E-state index contributed by atoms with van der Waals surface area (Å²) in [4.78, 5) is 6.69. The number of halogens is 1. The molecule has 0 saturated carbocycles. The Hall–Kier alpha value is -1.20. The van der Waals surface area contributed by atoms with Crippen LogP contribution in [0.25, 0.3) is 0 Å². The molecule has 0 spiro atoms. The van der Waals surface area contributed by atoms with Gasteiger partial charge < -0.3 is 4.90 Å². The molecule has 0 atom stereocenters. The Kier molecular flexibility index (Phi) is 5.94. The summed E-state index contributed by atoms with van der Waals surface area (Å²) >= 11 is 3.71. The summed E-state index contributed by atoms with van der Waals surface area (Å²) < 4.78 is 3.26. The van der Waals surface area contributed by atoms with Crippen LogP contribution < -0.4 is 0 Å². The van der Waals surface area contributed by atoms with Gasteiger partial charge in [-0.15, -0.1) is 0 Å². The molecule has 0 bridgehead atoms. The molecule has 0 aliphatic carbocycles. The molecule has 0 aliphatic heterocycles. The number of likely N-dealkylation sites (N-methyl/N-ethyl adjacent to an activating group) is 1. The van der Waals surface area contributed by atoms with Crippen LogP contribution in [0.15, 0.2) is 28.9 Å². The summed E-state index contributed by atoms with van der Waals surface area (Å²) in [5.41, 5.74) is 3.55. The van der Waals surface area contributed by atoms with Crippen molar-refractivity contribution < 1.29 is 0 Å². The minimum atomic E-state index is 0.897. The van der Waals surface area contributed by atoms with Gasteiger partial charge in [-0.05, 0) is 48.5 Å². The number of hydrogen-bond donors (Lipinski definition) is 0. The minimum absolute atomic E-state index is 0.897. The standard InChI is InChI=1S/C16H23BrN4/c1-4-14-16(17)15(21(5-2)19-14)12-20(3)11-9-13-8-6-7-10-18-13/h6-8,10H,4-5,9,11-12H2,1-3H3. The first-order valence-corrected chi connectivity index (χ1v) is 8.27. The first-order chi connectivity index (χ1) is 10.2. The molecule has 0 fully saturated rings. The van der Waals surface area contributed by atoms with Crippen molar-refractivity contribution in [3.8, 4) is 0 Å². The Morgan fingerprint density at radius 1 is 1.29 bits per heavy atom. The fraction of sp³-hybridized carbons (Fsp3) is 0.500. The second kappa shape index (κ2) is 7.71. The van der Waals surface area contributed by atoms with Gasteiger partial charge in [0.1, 0.15) is 0 Å². The van der Waals surface area contributed by atoms with Crippen molar-refractivity contribution in [1.82, 2.24) is 19.7 Å². The molecule has 0 radical (unpaired) electrons. The Morgan fingerprint density at radius 2 is 2.10 bits per heavy atom. The van der Waals surface area contributed by atoms with Crippen molar-refractivity contribution in [2.45, 2.75) is 39.8 Å². The van der Waals surface area contributed by atoms with E-state index in [2.05, 4.69) is 62.6 Å². The van der Waals surface area contributed by atoms with E-state index in [1.807, 2.05) is 18.3 Å². The lowest BCUT2D eigenvalue weighted by Crippen LogP contribution is -2.23.